The molecule has 0 heterocycles. The van der Waals surface area contributed by atoms with Crippen molar-refractivity contribution in [2.75, 3.05) is 0 Å². The molecular formula is C15H16Cl2FNO3. The molecule has 0 unspecified atom stereocenters. The average Bonchev–Trinajstić information content (AvgIpc) is 2.95. The molecular weight excluding hydrogens is 332 g/mol. The zero-order valence-corrected chi connectivity index (χ0v) is 13.5. The maximum absolute atomic E-state index is 13.4. The number of benzene rings is 1. The van der Waals surface area contributed by atoms with Gasteiger partial charge >= 0.3 is 5.97 Å². The second kappa shape index (κ2) is 7.29. The first kappa shape index (κ1) is 17.0. The monoisotopic (exact) mass is 347 g/mol. The number of amides is 1. The highest BCUT2D eigenvalue weighted by Gasteiger charge is 2.24. The lowest BCUT2D eigenvalue weighted by Gasteiger charge is -2.17. The number of hydrogen-bond donors (Lipinski definition) is 1. The van der Waals surface area contributed by atoms with Crippen molar-refractivity contribution in [3.63, 3.8) is 0 Å². The van der Waals surface area contributed by atoms with Crippen LogP contribution >= 0.6 is 23.2 Å². The standard InChI is InChI=1S/C15H16Cl2FNO3/c1-8(14(20)19-9-4-2-3-5-9)22-15(21)10-6-13(18)12(17)7-11(10)16/h6-9H,2-5H2,1H3,(H,19,20)/t8-/m1/s1. The van der Waals surface area contributed by atoms with Crippen LogP contribution in [0.1, 0.15) is 43.0 Å². The Morgan fingerprint density at radius 2 is 1.91 bits per heavy atom. The van der Waals surface area contributed by atoms with Crippen LogP contribution in [0, 0.1) is 5.82 Å². The van der Waals surface area contributed by atoms with E-state index in [2.05, 4.69) is 5.32 Å². The van der Waals surface area contributed by atoms with Crippen LogP contribution in [0.3, 0.4) is 0 Å². The molecule has 0 radical (unpaired) electrons. The van der Waals surface area contributed by atoms with Gasteiger partial charge in [-0.1, -0.05) is 36.0 Å². The van der Waals surface area contributed by atoms with Gasteiger partial charge in [-0.3, -0.25) is 4.79 Å². The Hall–Kier alpha value is -1.33. The van der Waals surface area contributed by atoms with E-state index in [4.69, 9.17) is 27.9 Å². The van der Waals surface area contributed by atoms with Crippen molar-refractivity contribution in [1.29, 1.82) is 0 Å². The van der Waals surface area contributed by atoms with Gasteiger partial charge in [0.2, 0.25) is 0 Å². The van der Waals surface area contributed by atoms with E-state index >= 15 is 0 Å². The quantitative estimate of drug-likeness (QED) is 0.666. The lowest BCUT2D eigenvalue weighted by atomic mass is 10.2. The zero-order valence-electron chi connectivity index (χ0n) is 12.0. The van der Waals surface area contributed by atoms with Gasteiger partial charge in [0, 0.05) is 6.04 Å². The molecule has 0 bridgehead atoms. The molecule has 7 heteroatoms. The van der Waals surface area contributed by atoms with E-state index in [-0.39, 0.29) is 27.6 Å². The molecule has 1 saturated carbocycles. The summed E-state index contributed by atoms with van der Waals surface area (Å²) in [6.07, 6.45) is 3.04. The van der Waals surface area contributed by atoms with Crippen molar-refractivity contribution in [1.82, 2.24) is 5.32 Å². The molecule has 0 aromatic heterocycles. The molecule has 2 rings (SSSR count). The molecule has 1 aliphatic rings. The van der Waals surface area contributed by atoms with E-state index in [1.807, 2.05) is 0 Å². The third-order valence-electron chi connectivity index (χ3n) is 3.58. The maximum Gasteiger partial charge on any atom is 0.340 e. The molecule has 1 amide bonds. The lowest BCUT2D eigenvalue weighted by molar-refractivity contribution is -0.129. The molecule has 1 fully saturated rings. The fraction of sp³-hybridized carbons (Fsp3) is 0.467. The Kier molecular flexibility index (Phi) is 5.64. The highest BCUT2D eigenvalue weighted by atomic mass is 35.5. The Labute approximate surface area is 137 Å². The van der Waals surface area contributed by atoms with Gasteiger partial charge in [-0.15, -0.1) is 0 Å². The van der Waals surface area contributed by atoms with E-state index in [1.165, 1.54) is 6.92 Å². The van der Waals surface area contributed by atoms with Crippen LogP contribution in [0.4, 0.5) is 4.39 Å². The summed E-state index contributed by atoms with van der Waals surface area (Å²) >= 11 is 11.4. The number of halogens is 3. The minimum absolute atomic E-state index is 0.0280. The highest BCUT2D eigenvalue weighted by Crippen LogP contribution is 2.25. The molecule has 22 heavy (non-hydrogen) atoms. The second-order valence-electron chi connectivity index (χ2n) is 5.28. The van der Waals surface area contributed by atoms with Crippen molar-refractivity contribution >= 4 is 35.1 Å². The number of esters is 1. The molecule has 1 atom stereocenters. The molecule has 1 aromatic carbocycles. The van der Waals surface area contributed by atoms with Crippen LogP contribution in [0.15, 0.2) is 12.1 Å². The zero-order chi connectivity index (χ0) is 16.3. The van der Waals surface area contributed by atoms with Gasteiger partial charge in [-0.05, 0) is 31.9 Å². The van der Waals surface area contributed by atoms with Crippen LogP contribution in [0.2, 0.25) is 10.0 Å². The van der Waals surface area contributed by atoms with Gasteiger partial charge in [-0.2, -0.15) is 0 Å². The fourth-order valence-corrected chi connectivity index (χ4v) is 2.81. The molecule has 0 spiro atoms. The van der Waals surface area contributed by atoms with E-state index in [9.17, 15) is 14.0 Å². The molecule has 1 aromatic rings. The molecule has 1 aliphatic carbocycles. The Morgan fingerprint density at radius 1 is 1.27 bits per heavy atom. The normalized spacial score (nSPS) is 16.4. The van der Waals surface area contributed by atoms with Crippen molar-refractivity contribution < 1.29 is 18.7 Å². The summed E-state index contributed by atoms with van der Waals surface area (Å²) in [5.41, 5.74) is -0.163. The molecule has 120 valence electrons. The summed E-state index contributed by atoms with van der Waals surface area (Å²) in [6.45, 7) is 1.46. The fourth-order valence-electron chi connectivity index (χ4n) is 2.35. The largest absolute Gasteiger partial charge is 0.449 e. The summed E-state index contributed by atoms with van der Waals surface area (Å²) in [5, 5.41) is 2.61. The van der Waals surface area contributed by atoms with Gasteiger partial charge < -0.3 is 10.1 Å². The smallest absolute Gasteiger partial charge is 0.340 e. The Morgan fingerprint density at radius 3 is 2.55 bits per heavy atom. The van der Waals surface area contributed by atoms with Crippen LogP contribution in [-0.2, 0) is 9.53 Å². The summed E-state index contributed by atoms with van der Waals surface area (Å²) in [6, 6.07) is 2.15. The average molecular weight is 348 g/mol. The van der Waals surface area contributed by atoms with Crippen LogP contribution < -0.4 is 5.32 Å². The number of rotatable bonds is 4. The topological polar surface area (TPSA) is 55.4 Å². The summed E-state index contributed by atoms with van der Waals surface area (Å²) < 4.78 is 18.4. The minimum Gasteiger partial charge on any atom is -0.449 e. The highest BCUT2D eigenvalue weighted by molar-refractivity contribution is 6.36. The van der Waals surface area contributed by atoms with E-state index in [0.29, 0.717) is 0 Å². The third kappa shape index (κ3) is 4.11. The summed E-state index contributed by atoms with van der Waals surface area (Å²) in [4.78, 5) is 23.9. The Bertz CT molecular complexity index is 588. The number of carbonyl (C=O) groups is 2. The van der Waals surface area contributed by atoms with E-state index < -0.39 is 17.9 Å². The predicted molar refractivity (Wildman–Crippen MR) is 81.7 cm³/mol. The first-order valence-electron chi connectivity index (χ1n) is 7.04. The van der Waals surface area contributed by atoms with Crippen LogP contribution in [0.5, 0.6) is 0 Å². The van der Waals surface area contributed by atoms with Gasteiger partial charge in [0.15, 0.2) is 6.10 Å². The number of carbonyl (C=O) groups excluding carboxylic acids is 2. The lowest BCUT2D eigenvalue weighted by Crippen LogP contribution is -2.40. The van der Waals surface area contributed by atoms with Gasteiger partial charge in [-0.25, -0.2) is 9.18 Å². The first-order chi connectivity index (χ1) is 10.4. The van der Waals surface area contributed by atoms with Crippen molar-refractivity contribution in [2.45, 2.75) is 44.8 Å². The number of hydrogen-bond acceptors (Lipinski definition) is 3. The Balaban J connectivity index is 1.98. The third-order valence-corrected chi connectivity index (χ3v) is 4.19. The van der Waals surface area contributed by atoms with Crippen molar-refractivity contribution in [2.24, 2.45) is 0 Å². The molecule has 4 nitrogen and oxygen atoms in total. The number of ether oxygens (including phenoxy) is 1. The predicted octanol–water partition coefficient (Wildman–Crippen LogP) is 3.74. The molecule has 1 N–H and O–H groups in total. The maximum atomic E-state index is 13.4. The van der Waals surface area contributed by atoms with Crippen LogP contribution in [-0.4, -0.2) is 24.0 Å². The van der Waals surface area contributed by atoms with Gasteiger partial charge in [0.05, 0.1) is 15.6 Å². The second-order valence-corrected chi connectivity index (χ2v) is 6.10. The summed E-state index contributed by atoms with van der Waals surface area (Å²) in [7, 11) is 0. The van der Waals surface area contributed by atoms with Crippen molar-refractivity contribution in [3.05, 3.63) is 33.6 Å². The van der Waals surface area contributed by atoms with Gasteiger partial charge in [0.25, 0.3) is 5.91 Å². The number of nitrogens with one attached hydrogen (secondary N) is 1. The van der Waals surface area contributed by atoms with E-state index in [0.717, 1.165) is 37.8 Å². The summed E-state index contributed by atoms with van der Waals surface area (Å²) in [5.74, 6) is -2.01. The van der Waals surface area contributed by atoms with Gasteiger partial charge in [0.1, 0.15) is 5.82 Å². The molecule has 0 aliphatic heterocycles. The SMILES string of the molecule is C[C@@H](OC(=O)c1cc(F)c(Cl)cc1Cl)C(=O)NC1CCCC1. The molecule has 0 saturated heterocycles. The minimum atomic E-state index is -0.983. The first-order valence-corrected chi connectivity index (χ1v) is 7.80. The van der Waals surface area contributed by atoms with E-state index in [1.54, 1.807) is 0 Å². The van der Waals surface area contributed by atoms with Crippen molar-refractivity contribution in [3.8, 4) is 0 Å². The van der Waals surface area contributed by atoms with Crippen LogP contribution in [0.25, 0.3) is 0 Å².